The predicted octanol–water partition coefficient (Wildman–Crippen LogP) is 2.73. The number of aliphatic hydroxyl groups excluding tert-OH is 1. The maximum atomic E-state index is 13.6. The van der Waals surface area contributed by atoms with E-state index in [2.05, 4.69) is 33.6 Å². The van der Waals surface area contributed by atoms with Crippen LogP contribution in [0.15, 0.2) is 42.7 Å². The van der Waals surface area contributed by atoms with Crippen LogP contribution < -0.4 is 4.74 Å². The number of benzene rings is 1. The number of carbonyl (C=O) groups excluding carboxylic acids is 1. The van der Waals surface area contributed by atoms with Crippen molar-refractivity contribution in [3.8, 4) is 5.75 Å². The van der Waals surface area contributed by atoms with Crippen molar-refractivity contribution < 1.29 is 14.6 Å². The maximum Gasteiger partial charge on any atom is 0.254 e. The predicted molar refractivity (Wildman–Crippen MR) is 123 cm³/mol. The molecule has 1 amide bonds. The third kappa shape index (κ3) is 3.11. The molecule has 7 nitrogen and oxygen atoms in total. The van der Waals surface area contributed by atoms with Crippen molar-refractivity contribution in [2.75, 3.05) is 40.4 Å². The third-order valence-corrected chi connectivity index (χ3v) is 7.45. The lowest BCUT2D eigenvalue weighted by Gasteiger charge is -2.50. The van der Waals surface area contributed by atoms with Gasteiger partial charge in [0.25, 0.3) is 5.91 Å². The van der Waals surface area contributed by atoms with E-state index in [1.807, 2.05) is 18.0 Å². The molecule has 32 heavy (non-hydrogen) atoms. The fraction of sp³-hybridized carbons (Fsp3) is 0.440. The molecule has 2 aliphatic heterocycles. The molecule has 1 fully saturated rings. The molecule has 5 rings (SSSR count). The van der Waals surface area contributed by atoms with E-state index in [-0.39, 0.29) is 17.9 Å². The van der Waals surface area contributed by atoms with Crippen molar-refractivity contribution in [1.29, 1.82) is 0 Å². The van der Waals surface area contributed by atoms with Gasteiger partial charge in [-0.1, -0.05) is 0 Å². The molecule has 1 saturated heterocycles. The quantitative estimate of drug-likeness (QED) is 0.686. The van der Waals surface area contributed by atoms with Gasteiger partial charge in [0.1, 0.15) is 5.75 Å². The number of hydrogen-bond acceptors (Lipinski definition) is 5. The first kappa shape index (κ1) is 21.0. The summed E-state index contributed by atoms with van der Waals surface area (Å²) in [7, 11) is 5.86. The van der Waals surface area contributed by atoms with E-state index in [4.69, 9.17) is 4.74 Å². The number of carbonyl (C=O) groups is 1. The standard InChI is InChI=1S/C25H30N4O3/c1-27-12-8-25(9-13-27)16-29(24(31)17-6-10-26-11-7-17)21(15-30)23-22(25)19-5-4-18(32-3)14-20(19)28(23)2/h4-7,10-11,14,21,30H,8-9,12-13,15-16H2,1-3H3/t21-/m0/s1. The number of amides is 1. The van der Waals surface area contributed by atoms with E-state index in [0.717, 1.165) is 42.9 Å². The monoisotopic (exact) mass is 434 g/mol. The van der Waals surface area contributed by atoms with E-state index in [1.165, 1.54) is 10.9 Å². The Kier molecular flexibility index (Phi) is 5.18. The van der Waals surface area contributed by atoms with Gasteiger partial charge < -0.3 is 24.2 Å². The smallest absolute Gasteiger partial charge is 0.254 e. The second-order valence-corrected chi connectivity index (χ2v) is 9.15. The molecule has 2 aromatic heterocycles. The van der Waals surface area contributed by atoms with Crippen LogP contribution in [0.2, 0.25) is 0 Å². The van der Waals surface area contributed by atoms with Gasteiger partial charge in [0.2, 0.25) is 0 Å². The third-order valence-electron chi connectivity index (χ3n) is 7.45. The summed E-state index contributed by atoms with van der Waals surface area (Å²) in [5.74, 6) is 0.747. The summed E-state index contributed by atoms with van der Waals surface area (Å²) in [6.45, 7) is 2.44. The van der Waals surface area contributed by atoms with E-state index < -0.39 is 6.04 Å². The van der Waals surface area contributed by atoms with Crippen LogP contribution in [0, 0.1) is 0 Å². The zero-order chi connectivity index (χ0) is 22.5. The van der Waals surface area contributed by atoms with Gasteiger partial charge in [0, 0.05) is 54.1 Å². The van der Waals surface area contributed by atoms with Crippen molar-refractivity contribution >= 4 is 16.8 Å². The molecule has 168 valence electrons. The van der Waals surface area contributed by atoms with E-state index in [1.54, 1.807) is 31.6 Å². The van der Waals surface area contributed by atoms with Gasteiger partial charge in [-0.3, -0.25) is 9.78 Å². The van der Waals surface area contributed by atoms with Crippen LogP contribution in [0.1, 0.15) is 40.5 Å². The number of aliphatic hydroxyl groups is 1. The normalized spacial score (nSPS) is 20.5. The minimum absolute atomic E-state index is 0.0572. The number of pyridine rings is 1. The highest BCUT2D eigenvalue weighted by Crippen LogP contribution is 2.50. The molecule has 0 aliphatic carbocycles. The molecule has 1 aromatic carbocycles. The number of ether oxygens (including phenoxy) is 1. The number of nitrogens with zero attached hydrogens (tertiary/aromatic N) is 4. The van der Waals surface area contributed by atoms with Crippen LogP contribution in [-0.4, -0.2) is 70.8 Å². The molecule has 0 unspecified atom stereocenters. The number of rotatable bonds is 3. The Morgan fingerprint density at radius 3 is 2.56 bits per heavy atom. The molecular weight excluding hydrogens is 404 g/mol. The molecular formula is C25H30N4O3. The van der Waals surface area contributed by atoms with E-state index in [9.17, 15) is 9.90 Å². The molecule has 3 aromatic rings. The fourth-order valence-electron chi connectivity index (χ4n) is 5.69. The highest BCUT2D eigenvalue weighted by molar-refractivity contribution is 5.96. The van der Waals surface area contributed by atoms with Crippen molar-refractivity contribution in [2.45, 2.75) is 24.3 Å². The summed E-state index contributed by atoms with van der Waals surface area (Å²) in [6, 6.07) is 9.30. The van der Waals surface area contributed by atoms with Crippen LogP contribution in [0.25, 0.3) is 10.9 Å². The van der Waals surface area contributed by atoms with Crippen LogP contribution in [-0.2, 0) is 12.5 Å². The van der Waals surface area contributed by atoms with Gasteiger partial charge in [-0.15, -0.1) is 0 Å². The van der Waals surface area contributed by atoms with E-state index in [0.29, 0.717) is 12.1 Å². The summed E-state index contributed by atoms with van der Waals surface area (Å²) in [4.78, 5) is 21.9. The van der Waals surface area contributed by atoms with Crippen LogP contribution in [0.4, 0.5) is 0 Å². The highest BCUT2D eigenvalue weighted by atomic mass is 16.5. The van der Waals surface area contributed by atoms with Gasteiger partial charge in [-0.25, -0.2) is 0 Å². The van der Waals surface area contributed by atoms with Crippen LogP contribution in [0.3, 0.4) is 0 Å². The SMILES string of the molecule is COc1ccc2c3c(n(C)c2c1)[C@H](CO)N(C(=O)c1ccncc1)CC31CCN(C)CC1. The minimum atomic E-state index is -0.403. The Morgan fingerprint density at radius 1 is 1.19 bits per heavy atom. The van der Waals surface area contributed by atoms with Crippen LogP contribution in [0.5, 0.6) is 5.75 Å². The van der Waals surface area contributed by atoms with Crippen LogP contribution >= 0.6 is 0 Å². The lowest BCUT2D eigenvalue weighted by molar-refractivity contribution is 0.0353. The molecule has 0 radical (unpaired) electrons. The Bertz CT molecular complexity index is 1150. The number of aryl methyl sites for hydroxylation is 1. The van der Waals surface area contributed by atoms with Gasteiger partial charge in [-0.2, -0.15) is 0 Å². The second-order valence-electron chi connectivity index (χ2n) is 9.15. The minimum Gasteiger partial charge on any atom is -0.497 e. The molecule has 4 heterocycles. The molecule has 1 spiro atoms. The summed E-state index contributed by atoms with van der Waals surface area (Å²) < 4.78 is 7.64. The van der Waals surface area contributed by atoms with Gasteiger partial charge >= 0.3 is 0 Å². The molecule has 0 bridgehead atoms. The van der Waals surface area contributed by atoms with Crippen molar-refractivity contribution in [3.05, 3.63) is 59.5 Å². The zero-order valence-corrected chi connectivity index (χ0v) is 18.9. The number of piperidine rings is 1. The fourth-order valence-corrected chi connectivity index (χ4v) is 5.69. The molecule has 2 aliphatic rings. The number of methoxy groups -OCH3 is 1. The highest BCUT2D eigenvalue weighted by Gasteiger charge is 2.49. The zero-order valence-electron chi connectivity index (χ0n) is 18.9. The van der Waals surface area contributed by atoms with Gasteiger partial charge in [-0.05, 0) is 62.8 Å². The van der Waals surface area contributed by atoms with Gasteiger partial charge in [0.05, 0.1) is 25.3 Å². The topological polar surface area (TPSA) is 70.8 Å². The maximum absolute atomic E-state index is 13.6. The van der Waals surface area contributed by atoms with E-state index >= 15 is 0 Å². The molecule has 1 N–H and O–H groups in total. The second kappa shape index (κ2) is 7.90. The van der Waals surface area contributed by atoms with Gasteiger partial charge in [0.15, 0.2) is 0 Å². The number of aromatic nitrogens is 2. The Hall–Kier alpha value is -2.90. The molecule has 1 atom stereocenters. The lowest BCUT2D eigenvalue weighted by atomic mass is 9.68. The largest absolute Gasteiger partial charge is 0.497 e. The summed E-state index contributed by atoms with van der Waals surface area (Å²) >= 11 is 0. The summed E-state index contributed by atoms with van der Waals surface area (Å²) in [5.41, 5.74) is 3.86. The number of likely N-dealkylation sites (tertiary alicyclic amines) is 1. The Labute approximate surface area is 188 Å². The first-order chi connectivity index (χ1) is 15.5. The van der Waals surface area contributed by atoms with Crippen molar-refractivity contribution in [2.24, 2.45) is 7.05 Å². The Balaban J connectivity index is 1.73. The summed E-state index contributed by atoms with van der Waals surface area (Å²) in [6.07, 6.45) is 5.23. The average molecular weight is 435 g/mol. The molecule has 7 heteroatoms. The number of hydrogen-bond donors (Lipinski definition) is 1. The summed E-state index contributed by atoms with van der Waals surface area (Å²) in [5, 5.41) is 11.7. The van der Waals surface area contributed by atoms with Crippen molar-refractivity contribution in [1.82, 2.24) is 19.4 Å². The average Bonchev–Trinajstić information content (AvgIpc) is 3.13. The number of fused-ring (bicyclic) bond motifs is 4. The Morgan fingerprint density at radius 2 is 1.91 bits per heavy atom. The lowest BCUT2D eigenvalue weighted by Crippen LogP contribution is -2.55. The van der Waals surface area contributed by atoms with Crippen molar-refractivity contribution in [3.63, 3.8) is 0 Å². The first-order valence-corrected chi connectivity index (χ1v) is 11.2. The molecule has 0 saturated carbocycles. The first-order valence-electron chi connectivity index (χ1n) is 11.2.